The summed E-state index contributed by atoms with van der Waals surface area (Å²) in [5.41, 5.74) is 5.17. The average Bonchev–Trinajstić information content (AvgIpc) is 2.58. The number of carbonyl (C=O) groups is 3. The molecule has 0 saturated heterocycles. The summed E-state index contributed by atoms with van der Waals surface area (Å²) >= 11 is 0. The summed E-state index contributed by atoms with van der Waals surface area (Å²) in [7, 11) is 0. The first-order chi connectivity index (χ1) is 12.4. The van der Waals surface area contributed by atoms with Crippen molar-refractivity contribution in [1.29, 1.82) is 0 Å². The van der Waals surface area contributed by atoms with E-state index in [0.717, 1.165) is 0 Å². The van der Waals surface area contributed by atoms with E-state index in [1.54, 1.807) is 18.7 Å². The molecule has 0 aromatic rings. The van der Waals surface area contributed by atoms with Crippen LogP contribution in [0, 0.1) is 4.91 Å². The van der Waals surface area contributed by atoms with E-state index >= 15 is 0 Å². The molecule has 0 heterocycles. The summed E-state index contributed by atoms with van der Waals surface area (Å²) in [6, 6.07) is 0. The minimum absolute atomic E-state index is 0.00677. The maximum atomic E-state index is 11.6. The number of carbonyl (C=O) groups excluding carboxylic acids is 3. The average molecular weight is 376 g/mol. The largest absolute Gasteiger partial charge is 0.465 e. The molecule has 2 N–H and O–H groups in total. The number of primary amides is 1. The van der Waals surface area contributed by atoms with Gasteiger partial charge >= 0.3 is 11.9 Å². The van der Waals surface area contributed by atoms with Crippen LogP contribution in [0.1, 0.15) is 27.7 Å². The summed E-state index contributed by atoms with van der Waals surface area (Å²) in [5.74, 6) is -1.47. The first-order valence-corrected chi connectivity index (χ1v) is 8.76. The minimum Gasteiger partial charge on any atom is -0.465 e. The lowest BCUT2D eigenvalue weighted by molar-refractivity contribution is -0.146. The zero-order valence-corrected chi connectivity index (χ0v) is 16.2. The topological polar surface area (TPSA) is 132 Å². The number of hydrogen-bond donors (Lipinski definition) is 1. The van der Waals surface area contributed by atoms with Crippen molar-refractivity contribution in [3.8, 4) is 0 Å². The van der Waals surface area contributed by atoms with Crippen LogP contribution in [0.15, 0.2) is 5.18 Å². The Hall–Kier alpha value is -2.07. The van der Waals surface area contributed by atoms with Gasteiger partial charge in [-0.1, -0.05) is 19.0 Å². The van der Waals surface area contributed by atoms with E-state index in [9.17, 15) is 19.3 Å². The van der Waals surface area contributed by atoms with Crippen molar-refractivity contribution in [3.05, 3.63) is 4.91 Å². The Morgan fingerprint density at radius 1 is 0.846 bits per heavy atom. The van der Waals surface area contributed by atoms with Crippen LogP contribution in [0.3, 0.4) is 0 Å². The predicted octanol–water partition coefficient (Wildman–Crippen LogP) is -0.00550. The van der Waals surface area contributed by atoms with Crippen LogP contribution in [0.25, 0.3) is 0 Å². The Morgan fingerprint density at radius 3 is 1.73 bits per heavy atom. The molecule has 0 rings (SSSR count). The third-order valence-electron chi connectivity index (χ3n) is 2.94. The normalized spacial score (nSPS) is 10.1. The van der Waals surface area contributed by atoms with Gasteiger partial charge in [0.25, 0.3) is 0 Å². The van der Waals surface area contributed by atoms with Gasteiger partial charge in [0.1, 0.15) is 0 Å². The zero-order chi connectivity index (χ0) is 20.4. The highest BCUT2D eigenvalue weighted by Crippen LogP contribution is 1.96. The molecular weight excluding hydrogens is 344 g/mol. The van der Waals surface area contributed by atoms with Crippen molar-refractivity contribution in [2.45, 2.75) is 27.7 Å². The van der Waals surface area contributed by atoms with Gasteiger partial charge in [0, 0.05) is 19.6 Å². The molecule has 0 aromatic heterocycles. The van der Waals surface area contributed by atoms with Gasteiger partial charge in [-0.05, 0) is 13.8 Å². The standard InChI is InChI=1S/C14H26N4O6.C2H6/c1-3-23-13(20)10-17(6-5-16-22)7-8-18(9-12(15)19)11-14(21)24-4-2;1-2/h3-11H2,1-2H3,(H2,15,19);1-2H3. The molecule has 26 heavy (non-hydrogen) atoms. The van der Waals surface area contributed by atoms with Crippen molar-refractivity contribution >= 4 is 17.8 Å². The fraction of sp³-hybridized carbons (Fsp3) is 0.812. The van der Waals surface area contributed by atoms with Gasteiger partial charge in [0.2, 0.25) is 5.91 Å². The second kappa shape index (κ2) is 17.7. The van der Waals surface area contributed by atoms with Crippen LogP contribution in [0.5, 0.6) is 0 Å². The van der Waals surface area contributed by atoms with E-state index < -0.39 is 17.8 Å². The molecule has 0 atom stereocenters. The highest BCUT2D eigenvalue weighted by molar-refractivity contribution is 5.77. The molecule has 0 saturated carbocycles. The highest BCUT2D eigenvalue weighted by Gasteiger charge is 2.17. The predicted molar refractivity (Wildman–Crippen MR) is 97.4 cm³/mol. The van der Waals surface area contributed by atoms with Crippen LogP contribution >= 0.6 is 0 Å². The van der Waals surface area contributed by atoms with Crippen LogP contribution < -0.4 is 5.73 Å². The molecule has 0 aliphatic rings. The Bertz CT molecular complexity index is 420. The second-order valence-electron chi connectivity index (χ2n) is 4.92. The SMILES string of the molecule is CC.CCOC(=O)CN(CCN=O)CCN(CC(N)=O)CC(=O)OCC. The number of rotatable bonds is 14. The van der Waals surface area contributed by atoms with Crippen LogP contribution in [-0.4, -0.2) is 86.7 Å². The number of nitrogens with two attached hydrogens (primary N) is 1. The van der Waals surface area contributed by atoms with Crippen LogP contribution in [0.2, 0.25) is 0 Å². The van der Waals surface area contributed by atoms with Crippen LogP contribution in [0.4, 0.5) is 0 Å². The first-order valence-electron chi connectivity index (χ1n) is 8.76. The van der Waals surface area contributed by atoms with Gasteiger partial charge in [-0.25, -0.2) is 0 Å². The van der Waals surface area contributed by atoms with E-state index in [-0.39, 0.29) is 45.9 Å². The Kier molecular flexibility index (Phi) is 17.9. The van der Waals surface area contributed by atoms with Crippen molar-refractivity contribution < 1.29 is 23.9 Å². The third kappa shape index (κ3) is 15.5. The Morgan fingerprint density at radius 2 is 1.31 bits per heavy atom. The van der Waals surface area contributed by atoms with Gasteiger partial charge in [0.05, 0.1) is 39.4 Å². The third-order valence-corrected chi connectivity index (χ3v) is 2.94. The number of esters is 2. The molecule has 0 unspecified atom stereocenters. The number of nitroso groups, excluding NO2 is 1. The molecule has 0 aliphatic carbocycles. The fourth-order valence-electron chi connectivity index (χ4n) is 1.95. The number of ether oxygens (including phenoxy) is 2. The van der Waals surface area contributed by atoms with Gasteiger partial charge in [-0.2, -0.15) is 4.91 Å². The Balaban J connectivity index is 0. The van der Waals surface area contributed by atoms with Crippen molar-refractivity contribution in [3.63, 3.8) is 0 Å². The molecule has 10 nitrogen and oxygen atoms in total. The van der Waals surface area contributed by atoms with E-state index in [0.29, 0.717) is 13.1 Å². The lowest BCUT2D eigenvalue weighted by Gasteiger charge is -2.25. The summed E-state index contributed by atoms with van der Waals surface area (Å²) in [5, 5.41) is 2.77. The molecule has 1 amide bonds. The maximum Gasteiger partial charge on any atom is 0.320 e. The van der Waals surface area contributed by atoms with E-state index in [1.807, 2.05) is 13.8 Å². The molecule has 0 aromatic carbocycles. The molecule has 0 bridgehead atoms. The van der Waals surface area contributed by atoms with Crippen LogP contribution in [-0.2, 0) is 23.9 Å². The monoisotopic (exact) mass is 376 g/mol. The first kappa shape index (κ1) is 26.2. The molecule has 0 spiro atoms. The van der Waals surface area contributed by atoms with Gasteiger partial charge in [-0.3, -0.25) is 24.2 Å². The number of amides is 1. The molecule has 0 radical (unpaired) electrons. The molecule has 0 aliphatic heterocycles. The van der Waals surface area contributed by atoms with E-state index in [1.165, 1.54) is 4.90 Å². The van der Waals surface area contributed by atoms with Crippen molar-refractivity contribution in [1.82, 2.24) is 9.80 Å². The van der Waals surface area contributed by atoms with E-state index in [2.05, 4.69) is 5.18 Å². The smallest absolute Gasteiger partial charge is 0.320 e. The quantitative estimate of drug-likeness (QED) is 0.331. The fourth-order valence-corrected chi connectivity index (χ4v) is 1.95. The maximum absolute atomic E-state index is 11.6. The van der Waals surface area contributed by atoms with Gasteiger partial charge in [-0.15, -0.1) is 0 Å². The van der Waals surface area contributed by atoms with Gasteiger partial charge in [0.15, 0.2) is 0 Å². The Labute approximate surface area is 154 Å². The molecule has 152 valence electrons. The zero-order valence-electron chi connectivity index (χ0n) is 16.2. The summed E-state index contributed by atoms with van der Waals surface area (Å²) in [6.07, 6.45) is 0. The number of hydrogen-bond acceptors (Lipinski definition) is 9. The lowest BCUT2D eigenvalue weighted by atomic mass is 10.3. The number of nitrogens with zero attached hydrogens (tertiary/aromatic N) is 3. The molecular formula is C16H32N4O6. The highest BCUT2D eigenvalue weighted by atomic mass is 16.5. The summed E-state index contributed by atoms with van der Waals surface area (Å²) in [6.45, 7) is 8.59. The molecule has 10 heteroatoms. The lowest BCUT2D eigenvalue weighted by Crippen LogP contribution is -2.44. The van der Waals surface area contributed by atoms with Gasteiger partial charge < -0.3 is 15.2 Å². The minimum atomic E-state index is -0.578. The second-order valence-corrected chi connectivity index (χ2v) is 4.92. The molecule has 0 fully saturated rings. The van der Waals surface area contributed by atoms with E-state index in [4.69, 9.17) is 15.2 Å². The summed E-state index contributed by atoms with van der Waals surface area (Å²) < 4.78 is 9.71. The van der Waals surface area contributed by atoms with Crippen molar-refractivity contribution in [2.24, 2.45) is 10.9 Å². The summed E-state index contributed by atoms with van der Waals surface area (Å²) in [4.78, 5) is 47.7. The van der Waals surface area contributed by atoms with Crippen molar-refractivity contribution in [2.75, 3.05) is 59.0 Å².